The van der Waals surface area contributed by atoms with Crippen LogP contribution < -0.4 is 48.8 Å². The highest BCUT2D eigenvalue weighted by Crippen LogP contribution is 2.30. The van der Waals surface area contributed by atoms with Crippen molar-refractivity contribution < 1.29 is 4.79 Å². The predicted octanol–water partition coefficient (Wildman–Crippen LogP) is 2.07. The van der Waals surface area contributed by atoms with E-state index < -0.39 is 5.91 Å². The number of H-pyrrole nitrogens is 1. The molecule has 0 aliphatic carbocycles. The lowest BCUT2D eigenvalue weighted by Crippen LogP contribution is -2.53. The SMILES string of the molecule is Cl.N[C@@H]1C[C@H](N)CN(c2cc(Nc3ccc(NC(=O)c4c[nH]c5ccccc5c4=O)cc3)cc(N3C[C@H](N)C[C@H](N)C3)n2)C1. The number of aromatic amines is 1. The number of nitrogens with one attached hydrogen (secondary N) is 3. The van der Waals surface area contributed by atoms with Gasteiger partial charge in [0.15, 0.2) is 0 Å². The van der Waals surface area contributed by atoms with Gasteiger partial charge in [0.1, 0.15) is 17.2 Å². The van der Waals surface area contributed by atoms with Crippen molar-refractivity contribution in [3.63, 3.8) is 0 Å². The van der Waals surface area contributed by atoms with Crippen molar-refractivity contribution in [2.24, 2.45) is 22.9 Å². The van der Waals surface area contributed by atoms with Gasteiger partial charge < -0.3 is 48.4 Å². The van der Waals surface area contributed by atoms with Gasteiger partial charge in [0.25, 0.3) is 5.91 Å². The zero-order chi connectivity index (χ0) is 30.1. The first kappa shape index (κ1) is 31.2. The number of aromatic nitrogens is 2. The van der Waals surface area contributed by atoms with Gasteiger partial charge in [-0.05, 0) is 49.2 Å². The Morgan fingerprint density at radius 3 is 1.86 bits per heavy atom. The molecule has 4 aromatic rings. The van der Waals surface area contributed by atoms with E-state index in [2.05, 4.69) is 25.4 Å². The Morgan fingerprint density at radius 2 is 1.30 bits per heavy atom. The maximum absolute atomic E-state index is 12.9. The molecule has 12 nitrogen and oxygen atoms in total. The lowest BCUT2D eigenvalue weighted by molar-refractivity contribution is 0.102. The van der Waals surface area contributed by atoms with Crippen LogP contribution in [0.1, 0.15) is 23.2 Å². The van der Waals surface area contributed by atoms with Crippen LogP contribution >= 0.6 is 12.4 Å². The number of halogens is 1. The monoisotopic (exact) mass is 618 g/mol. The molecular weight excluding hydrogens is 580 g/mol. The Hall–Kier alpha value is -4.20. The molecule has 6 rings (SSSR count). The number of carbonyl (C=O) groups is 1. The van der Waals surface area contributed by atoms with E-state index in [1.165, 1.54) is 6.20 Å². The minimum absolute atomic E-state index is 0. The Morgan fingerprint density at radius 1 is 0.773 bits per heavy atom. The molecule has 2 aliphatic heterocycles. The highest BCUT2D eigenvalue weighted by atomic mass is 35.5. The predicted molar refractivity (Wildman–Crippen MR) is 179 cm³/mol. The summed E-state index contributed by atoms with van der Waals surface area (Å²) in [6.45, 7) is 2.65. The molecule has 2 aromatic heterocycles. The molecule has 2 fully saturated rings. The van der Waals surface area contributed by atoms with Crippen LogP contribution in [0.5, 0.6) is 0 Å². The second kappa shape index (κ2) is 13.2. The van der Waals surface area contributed by atoms with Crippen molar-refractivity contribution >= 4 is 57.9 Å². The summed E-state index contributed by atoms with van der Waals surface area (Å²) in [7, 11) is 0. The molecule has 44 heavy (non-hydrogen) atoms. The summed E-state index contributed by atoms with van der Waals surface area (Å²) < 4.78 is 0. The smallest absolute Gasteiger partial charge is 0.261 e. The molecule has 0 spiro atoms. The molecule has 2 aliphatic rings. The number of rotatable bonds is 6. The number of nitrogens with zero attached hydrogens (tertiary/aromatic N) is 3. The van der Waals surface area contributed by atoms with Crippen LogP contribution in [0, 0.1) is 0 Å². The Bertz CT molecular complexity index is 1620. The van der Waals surface area contributed by atoms with Gasteiger partial charge in [-0.2, -0.15) is 0 Å². The summed E-state index contributed by atoms with van der Waals surface area (Å²) in [5, 5.41) is 6.75. The summed E-state index contributed by atoms with van der Waals surface area (Å²) in [5.74, 6) is 1.08. The number of hydrogen-bond acceptors (Lipinski definition) is 10. The average molecular weight is 619 g/mol. The summed E-state index contributed by atoms with van der Waals surface area (Å²) >= 11 is 0. The van der Waals surface area contributed by atoms with E-state index in [0.29, 0.717) is 42.8 Å². The molecule has 13 heteroatoms. The third-order valence-electron chi connectivity index (χ3n) is 7.94. The Kier molecular flexibility index (Phi) is 9.37. The zero-order valence-electron chi connectivity index (χ0n) is 24.3. The van der Waals surface area contributed by atoms with Gasteiger partial charge in [-0.15, -0.1) is 12.4 Å². The van der Waals surface area contributed by atoms with Crippen molar-refractivity contribution in [2.75, 3.05) is 46.6 Å². The molecular formula is C31H39ClN10O2. The largest absolute Gasteiger partial charge is 0.360 e. The van der Waals surface area contributed by atoms with Crippen LogP contribution in [-0.2, 0) is 0 Å². The first-order valence-corrected chi connectivity index (χ1v) is 14.5. The molecule has 1 amide bonds. The minimum Gasteiger partial charge on any atom is -0.360 e. The topological polar surface area (TPSA) is 197 Å². The molecule has 2 saturated heterocycles. The summed E-state index contributed by atoms with van der Waals surface area (Å²) in [5.41, 5.74) is 27.8. The number of amides is 1. The van der Waals surface area contributed by atoms with Crippen molar-refractivity contribution in [1.29, 1.82) is 0 Å². The Labute approximate surface area is 261 Å². The number of nitrogens with two attached hydrogens (primary N) is 4. The maximum Gasteiger partial charge on any atom is 0.261 e. The van der Waals surface area contributed by atoms with Crippen molar-refractivity contribution in [3.05, 3.63) is 82.6 Å². The van der Waals surface area contributed by atoms with Crippen LogP contribution in [0.4, 0.5) is 28.7 Å². The van der Waals surface area contributed by atoms with Gasteiger partial charge in [0.05, 0.1) is 0 Å². The third-order valence-corrected chi connectivity index (χ3v) is 7.94. The first-order chi connectivity index (χ1) is 20.7. The minimum atomic E-state index is -0.480. The highest BCUT2D eigenvalue weighted by molar-refractivity contribution is 6.05. The number of hydrogen-bond donors (Lipinski definition) is 7. The second-order valence-electron chi connectivity index (χ2n) is 11.6. The lowest BCUT2D eigenvalue weighted by atomic mass is 10.0. The van der Waals surface area contributed by atoms with Crippen LogP contribution in [0.2, 0.25) is 0 Å². The van der Waals surface area contributed by atoms with E-state index in [9.17, 15) is 9.59 Å². The van der Waals surface area contributed by atoms with E-state index in [-0.39, 0.29) is 47.6 Å². The van der Waals surface area contributed by atoms with Crippen LogP contribution in [0.25, 0.3) is 10.9 Å². The fourth-order valence-corrected chi connectivity index (χ4v) is 5.97. The van der Waals surface area contributed by atoms with Crippen LogP contribution in [0.3, 0.4) is 0 Å². The molecule has 2 aromatic carbocycles. The van der Waals surface area contributed by atoms with Gasteiger partial charge >= 0.3 is 0 Å². The molecule has 0 bridgehead atoms. The number of carbonyl (C=O) groups excluding carboxylic acids is 1. The van der Waals surface area contributed by atoms with Crippen molar-refractivity contribution in [1.82, 2.24) is 9.97 Å². The lowest BCUT2D eigenvalue weighted by Gasteiger charge is -2.38. The van der Waals surface area contributed by atoms with Gasteiger partial charge in [0, 0.05) is 96.6 Å². The highest BCUT2D eigenvalue weighted by Gasteiger charge is 2.27. The van der Waals surface area contributed by atoms with E-state index in [0.717, 1.165) is 35.9 Å². The number of para-hydroxylation sites is 1. The fraction of sp³-hybridized carbons (Fsp3) is 0.323. The summed E-state index contributed by atoms with van der Waals surface area (Å²) in [6.07, 6.45) is 2.99. The van der Waals surface area contributed by atoms with Gasteiger partial charge in [0.2, 0.25) is 5.43 Å². The summed E-state index contributed by atoms with van der Waals surface area (Å²) in [6, 6.07) is 18.2. The molecule has 0 radical (unpaired) electrons. The molecule has 4 atom stereocenters. The fourth-order valence-electron chi connectivity index (χ4n) is 5.97. The van der Waals surface area contributed by atoms with Gasteiger partial charge in [-0.3, -0.25) is 9.59 Å². The number of anilines is 5. The van der Waals surface area contributed by atoms with Gasteiger partial charge in [-0.1, -0.05) is 12.1 Å². The van der Waals surface area contributed by atoms with E-state index in [1.807, 2.05) is 30.3 Å². The molecule has 0 unspecified atom stereocenters. The van der Waals surface area contributed by atoms with Crippen molar-refractivity contribution in [3.8, 4) is 0 Å². The van der Waals surface area contributed by atoms with Crippen molar-refractivity contribution in [2.45, 2.75) is 37.0 Å². The Balaban J connectivity index is 0.00000384. The van der Waals surface area contributed by atoms with Crippen LogP contribution in [-0.4, -0.2) is 66.2 Å². The quantitative estimate of drug-likeness (QED) is 0.168. The van der Waals surface area contributed by atoms with E-state index in [4.69, 9.17) is 27.9 Å². The maximum atomic E-state index is 12.9. The summed E-state index contributed by atoms with van der Waals surface area (Å²) in [4.78, 5) is 38.0. The van der Waals surface area contributed by atoms with E-state index >= 15 is 0 Å². The normalized spacial score (nSPS) is 21.9. The second-order valence-corrected chi connectivity index (χ2v) is 11.6. The average Bonchev–Trinajstić information content (AvgIpc) is 2.97. The van der Waals surface area contributed by atoms with Gasteiger partial charge in [-0.25, -0.2) is 4.98 Å². The standard InChI is InChI=1S/C31H38N10O2.ClH/c32-18-9-19(33)15-40(14-18)28-11-24(12-29(39-28)41-16-20(34)10-21(35)17-41)37-22-5-7-23(8-6-22)38-31(43)26-13-36-27-4-2-1-3-25(27)30(26)42;/h1-8,11-13,18-21H,9-10,14-17,32-35H2,(H,36,42)(H,37,39)(H,38,43);1H/t18-,19+,20-,21+;. The third kappa shape index (κ3) is 6.95. The number of fused-ring (bicyclic) bond motifs is 1. The van der Waals surface area contributed by atoms with Crippen LogP contribution in [0.15, 0.2) is 71.7 Å². The number of piperidine rings is 2. The molecule has 11 N–H and O–H groups in total. The zero-order valence-corrected chi connectivity index (χ0v) is 25.1. The van der Waals surface area contributed by atoms with E-state index in [1.54, 1.807) is 30.3 Å². The molecule has 232 valence electrons. The number of benzene rings is 2. The molecule has 4 heterocycles. The molecule has 0 saturated carbocycles. The first-order valence-electron chi connectivity index (χ1n) is 14.5. The number of pyridine rings is 2.